The van der Waals surface area contributed by atoms with E-state index in [2.05, 4.69) is 55.4 Å². The summed E-state index contributed by atoms with van der Waals surface area (Å²) in [6.45, 7) is 2.81. The Balaban J connectivity index is 1.42. The van der Waals surface area contributed by atoms with E-state index in [0.29, 0.717) is 10.7 Å². The Labute approximate surface area is 162 Å². The van der Waals surface area contributed by atoms with Gasteiger partial charge < -0.3 is 0 Å². The van der Waals surface area contributed by atoms with Gasteiger partial charge in [0.2, 0.25) is 0 Å². The lowest BCUT2D eigenvalue weighted by Gasteiger charge is -2.25. The molecule has 1 aliphatic rings. The van der Waals surface area contributed by atoms with Crippen molar-refractivity contribution >= 4 is 49.6 Å². The molecule has 0 radical (unpaired) electrons. The van der Waals surface area contributed by atoms with E-state index in [1.165, 1.54) is 21.8 Å². The summed E-state index contributed by atoms with van der Waals surface area (Å²) in [6.07, 6.45) is 0.927. The molecule has 4 rings (SSSR count). The van der Waals surface area contributed by atoms with E-state index in [1.807, 2.05) is 16.8 Å². The number of nitrogens with one attached hydrogen (secondary N) is 1. The van der Waals surface area contributed by atoms with Gasteiger partial charge in [-0.2, -0.15) is 11.3 Å². The van der Waals surface area contributed by atoms with Gasteiger partial charge in [0, 0.05) is 40.8 Å². The van der Waals surface area contributed by atoms with Crippen molar-refractivity contribution in [1.82, 2.24) is 9.88 Å². The lowest BCUT2D eigenvalue weighted by molar-refractivity contribution is 0.102. The Kier molecular flexibility index (Phi) is 4.98. The van der Waals surface area contributed by atoms with E-state index >= 15 is 0 Å². The molecule has 7 heteroatoms. The first-order chi connectivity index (χ1) is 12.2. The fourth-order valence-electron chi connectivity index (χ4n) is 2.85. The molecule has 0 unspecified atom stereocenters. The van der Waals surface area contributed by atoms with Crippen molar-refractivity contribution < 1.29 is 4.79 Å². The lowest BCUT2D eigenvalue weighted by atomic mass is 10.1. The molecule has 3 heterocycles. The molecule has 4 nitrogen and oxygen atoms in total. The Morgan fingerprint density at radius 1 is 1.28 bits per heavy atom. The number of carbonyl (C=O) groups excluding carboxylic acids is 1. The number of rotatable bonds is 4. The first-order valence-corrected chi connectivity index (χ1v) is 10.5. The number of benzene rings is 1. The topological polar surface area (TPSA) is 45.2 Å². The maximum absolute atomic E-state index is 12.2. The molecule has 0 saturated heterocycles. The molecule has 0 spiro atoms. The van der Waals surface area contributed by atoms with Crippen LogP contribution < -0.4 is 5.32 Å². The van der Waals surface area contributed by atoms with Crippen molar-refractivity contribution in [3.8, 4) is 0 Å². The van der Waals surface area contributed by atoms with Crippen LogP contribution in [-0.2, 0) is 19.5 Å². The van der Waals surface area contributed by atoms with Gasteiger partial charge in [-0.05, 0) is 29.1 Å². The van der Waals surface area contributed by atoms with Gasteiger partial charge in [-0.3, -0.25) is 15.0 Å². The van der Waals surface area contributed by atoms with Crippen LogP contribution in [-0.4, -0.2) is 22.3 Å². The molecule has 2 aromatic heterocycles. The Morgan fingerprint density at radius 3 is 2.88 bits per heavy atom. The van der Waals surface area contributed by atoms with Crippen molar-refractivity contribution in [2.75, 3.05) is 11.9 Å². The number of hydrogen-bond acceptors (Lipinski definition) is 5. The predicted octanol–water partition coefficient (Wildman–Crippen LogP) is 4.78. The molecule has 0 atom stereocenters. The van der Waals surface area contributed by atoms with Crippen LogP contribution >= 0.6 is 38.6 Å². The number of hydrogen-bond donors (Lipinski definition) is 1. The van der Waals surface area contributed by atoms with Crippen molar-refractivity contribution in [1.29, 1.82) is 0 Å². The highest BCUT2D eigenvalue weighted by atomic mass is 79.9. The molecule has 25 heavy (non-hydrogen) atoms. The molecule has 0 fully saturated rings. The summed E-state index contributed by atoms with van der Waals surface area (Å²) in [6, 6.07) is 10.3. The van der Waals surface area contributed by atoms with Gasteiger partial charge >= 0.3 is 0 Å². The first-order valence-electron chi connectivity index (χ1n) is 7.96. The summed E-state index contributed by atoms with van der Waals surface area (Å²) in [5.74, 6) is -0.0842. The molecule has 1 aromatic carbocycles. The molecule has 0 bridgehead atoms. The minimum Gasteiger partial charge on any atom is -0.298 e. The van der Waals surface area contributed by atoms with Gasteiger partial charge in [-0.15, -0.1) is 11.3 Å². The maximum atomic E-state index is 12.2. The summed E-state index contributed by atoms with van der Waals surface area (Å²) in [5.41, 5.74) is 3.12. The highest BCUT2D eigenvalue weighted by molar-refractivity contribution is 9.10. The van der Waals surface area contributed by atoms with Gasteiger partial charge in [0.15, 0.2) is 5.13 Å². The fourth-order valence-corrected chi connectivity index (χ4v) is 4.79. The standard InChI is InChI=1S/C18H16BrN3OS2/c19-14-3-1-12(2-4-14)9-22-7-5-15-16(10-22)25-18(20-15)21-17(23)13-6-8-24-11-13/h1-4,6,8,11H,5,7,9-10H2,(H,20,21,23). The largest absolute Gasteiger partial charge is 0.298 e. The number of amides is 1. The summed E-state index contributed by atoms with van der Waals surface area (Å²) < 4.78 is 1.10. The average Bonchev–Trinajstić information content (AvgIpc) is 3.26. The number of carbonyl (C=O) groups is 1. The lowest BCUT2D eigenvalue weighted by Crippen LogP contribution is -2.29. The van der Waals surface area contributed by atoms with Gasteiger partial charge in [0.05, 0.1) is 11.3 Å². The van der Waals surface area contributed by atoms with Crippen LogP contribution in [0.4, 0.5) is 5.13 Å². The van der Waals surface area contributed by atoms with Gasteiger partial charge in [-0.1, -0.05) is 28.1 Å². The number of nitrogens with zero attached hydrogens (tertiary/aromatic N) is 2. The second-order valence-electron chi connectivity index (χ2n) is 5.94. The predicted molar refractivity (Wildman–Crippen MR) is 106 cm³/mol. The van der Waals surface area contributed by atoms with Crippen molar-refractivity contribution in [3.05, 3.63) is 67.3 Å². The number of anilines is 1. The Hall–Kier alpha value is -1.54. The number of thiophene rings is 1. The van der Waals surface area contributed by atoms with E-state index in [1.54, 1.807) is 11.3 Å². The van der Waals surface area contributed by atoms with Crippen LogP contribution in [0.3, 0.4) is 0 Å². The van der Waals surface area contributed by atoms with Gasteiger partial charge in [-0.25, -0.2) is 4.98 Å². The number of aromatic nitrogens is 1. The number of halogens is 1. The Bertz CT molecular complexity index is 874. The molecule has 128 valence electrons. The zero-order valence-corrected chi connectivity index (χ0v) is 16.6. The van der Waals surface area contributed by atoms with Gasteiger partial charge in [0.25, 0.3) is 5.91 Å². The highest BCUT2D eigenvalue weighted by Crippen LogP contribution is 2.29. The summed E-state index contributed by atoms with van der Waals surface area (Å²) >= 11 is 6.58. The number of fused-ring (bicyclic) bond motifs is 1. The molecule has 1 N–H and O–H groups in total. The number of thiazole rings is 1. The minimum atomic E-state index is -0.0842. The fraction of sp³-hybridized carbons (Fsp3) is 0.222. The second-order valence-corrected chi connectivity index (χ2v) is 8.72. The maximum Gasteiger partial charge on any atom is 0.258 e. The molecule has 1 amide bonds. The smallest absolute Gasteiger partial charge is 0.258 e. The van der Waals surface area contributed by atoms with E-state index in [4.69, 9.17) is 0 Å². The molecular formula is C18H16BrN3OS2. The van der Waals surface area contributed by atoms with E-state index in [0.717, 1.165) is 36.2 Å². The molecule has 0 aliphatic carbocycles. The summed E-state index contributed by atoms with van der Waals surface area (Å²) in [5, 5.41) is 7.38. The van der Waals surface area contributed by atoms with Crippen LogP contribution in [0.1, 0.15) is 26.5 Å². The second kappa shape index (κ2) is 7.37. The zero-order valence-electron chi connectivity index (χ0n) is 13.4. The quantitative estimate of drug-likeness (QED) is 0.643. The van der Waals surface area contributed by atoms with E-state index < -0.39 is 0 Å². The van der Waals surface area contributed by atoms with E-state index in [9.17, 15) is 4.79 Å². The average molecular weight is 434 g/mol. The highest BCUT2D eigenvalue weighted by Gasteiger charge is 2.21. The van der Waals surface area contributed by atoms with Crippen LogP contribution in [0.5, 0.6) is 0 Å². The monoisotopic (exact) mass is 433 g/mol. The molecular weight excluding hydrogens is 418 g/mol. The van der Waals surface area contributed by atoms with Crippen molar-refractivity contribution in [3.63, 3.8) is 0 Å². The SMILES string of the molecule is O=C(Nc1nc2c(s1)CN(Cc1ccc(Br)cc1)CC2)c1ccsc1. The summed E-state index contributed by atoms with van der Waals surface area (Å²) in [4.78, 5) is 20.5. The minimum absolute atomic E-state index is 0.0842. The van der Waals surface area contributed by atoms with Crippen LogP contribution in [0.2, 0.25) is 0 Å². The summed E-state index contributed by atoms with van der Waals surface area (Å²) in [7, 11) is 0. The molecule has 1 aliphatic heterocycles. The third-order valence-electron chi connectivity index (χ3n) is 4.13. The zero-order chi connectivity index (χ0) is 17.2. The van der Waals surface area contributed by atoms with E-state index in [-0.39, 0.29) is 5.91 Å². The third-order valence-corrected chi connectivity index (χ3v) is 6.34. The van der Waals surface area contributed by atoms with Crippen LogP contribution in [0.25, 0.3) is 0 Å². The normalized spacial score (nSPS) is 14.3. The van der Waals surface area contributed by atoms with Crippen molar-refractivity contribution in [2.45, 2.75) is 19.5 Å². The molecule has 3 aromatic rings. The van der Waals surface area contributed by atoms with Crippen LogP contribution in [0, 0.1) is 0 Å². The van der Waals surface area contributed by atoms with Crippen LogP contribution in [0.15, 0.2) is 45.6 Å². The third kappa shape index (κ3) is 4.00. The first kappa shape index (κ1) is 16.9. The van der Waals surface area contributed by atoms with Crippen molar-refractivity contribution in [2.24, 2.45) is 0 Å². The van der Waals surface area contributed by atoms with Gasteiger partial charge in [0.1, 0.15) is 0 Å². The molecule has 0 saturated carbocycles. The Morgan fingerprint density at radius 2 is 2.12 bits per heavy atom.